The van der Waals surface area contributed by atoms with Crippen molar-refractivity contribution in [2.45, 2.75) is 88.7 Å². The summed E-state index contributed by atoms with van der Waals surface area (Å²) in [5, 5.41) is 15.2. The number of hydrogen-bond donors (Lipinski definition) is 3. The highest BCUT2D eigenvalue weighted by Gasteiger charge is 2.64. The molecule has 310 valence electrons. The minimum absolute atomic E-state index is 0.0696. The number of aliphatic hydroxyl groups is 1. The molecule has 6 rings (SSSR count). The van der Waals surface area contributed by atoms with E-state index in [4.69, 9.17) is 41.0 Å². The van der Waals surface area contributed by atoms with Gasteiger partial charge in [-0.05, 0) is 75.2 Å². The molecule has 16 heteroatoms. The summed E-state index contributed by atoms with van der Waals surface area (Å²) in [5.74, 6) is -1.54. The fraction of sp³-hybridized carbons (Fsp3) is 0.452. The van der Waals surface area contributed by atoms with Crippen LogP contribution in [0, 0.1) is 5.92 Å². The number of amides is 3. The number of epoxide rings is 1. The lowest BCUT2D eigenvalue weighted by molar-refractivity contribution is -0.158. The Morgan fingerprint density at radius 2 is 1.91 bits per heavy atom. The van der Waals surface area contributed by atoms with E-state index >= 15 is 0 Å². The summed E-state index contributed by atoms with van der Waals surface area (Å²) in [6.45, 7) is 6.94. The molecular weight excluding hydrogens is 770 g/mol. The fourth-order valence-electron chi connectivity index (χ4n) is 7.66. The normalized spacial score (nSPS) is 29.5. The Morgan fingerprint density at radius 1 is 1.17 bits per heavy atom. The van der Waals surface area contributed by atoms with Crippen molar-refractivity contribution >= 4 is 57.9 Å². The van der Waals surface area contributed by atoms with Gasteiger partial charge < -0.3 is 44.3 Å². The monoisotopic (exact) mass is 819 g/mol. The number of anilines is 2. The van der Waals surface area contributed by atoms with Crippen molar-refractivity contribution in [2.75, 3.05) is 38.9 Å². The van der Waals surface area contributed by atoms with E-state index in [1.165, 1.54) is 38.0 Å². The number of halogens is 1. The standard InChI is InChI=1S/C42H50ClN5O10/c1-22-10-9-11-32(55-8)42(53)21-31(56-40(52)46-42)23(2)37-41(4,58-37)33(20-35(49)48(6)29-17-25(16-22)18-30(54-7)36(29)43)57-39(51)24(3)47(5)38(50)27-12-14-28-26(19-27)13-15-34(44)45-28/h9-15,17-19,23-24,31-33,37,53H,16,20-21H2,1-8H3,(H2,44,45)(H,46,52)/b11-9+,22-10+/t23-,24+,31+,32-,33+,37+,41+,42+/m1/s1. The second-order valence-corrected chi connectivity index (χ2v) is 15.8. The van der Waals surface area contributed by atoms with Crippen molar-refractivity contribution in [1.82, 2.24) is 15.2 Å². The third kappa shape index (κ3) is 8.48. The van der Waals surface area contributed by atoms with E-state index in [0.717, 1.165) is 11.1 Å². The summed E-state index contributed by atoms with van der Waals surface area (Å²) in [7, 11) is 5.96. The largest absolute Gasteiger partial charge is 0.495 e. The van der Waals surface area contributed by atoms with Crippen LogP contribution in [0.5, 0.6) is 5.75 Å². The summed E-state index contributed by atoms with van der Waals surface area (Å²) in [4.78, 5) is 61.8. The topological polar surface area (TPSA) is 195 Å². The molecule has 58 heavy (non-hydrogen) atoms. The van der Waals surface area contributed by atoms with E-state index in [9.17, 15) is 24.3 Å². The predicted molar refractivity (Wildman–Crippen MR) is 216 cm³/mol. The molecule has 0 saturated carbocycles. The van der Waals surface area contributed by atoms with E-state index in [1.54, 1.807) is 75.5 Å². The molecule has 8 atom stereocenters. The van der Waals surface area contributed by atoms with Crippen LogP contribution in [0.15, 0.2) is 66.3 Å². The molecule has 2 saturated heterocycles. The van der Waals surface area contributed by atoms with Gasteiger partial charge in [0.2, 0.25) is 5.91 Å². The molecule has 15 nitrogen and oxygen atoms in total. The average Bonchev–Trinajstić information content (AvgIpc) is 3.89. The second-order valence-electron chi connectivity index (χ2n) is 15.5. The van der Waals surface area contributed by atoms with Gasteiger partial charge in [-0.3, -0.25) is 14.9 Å². The number of nitrogens with two attached hydrogens (primary N) is 1. The molecule has 2 aromatic carbocycles. The van der Waals surface area contributed by atoms with Gasteiger partial charge in [0.25, 0.3) is 5.91 Å². The molecular formula is C42H50ClN5O10. The molecule has 3 aliphatic rings. The second kappa shape index (κ2) is 16.6. The molecule has 3 aliphatic heterocycles. The van der Waals surface area contributed by atoms with Crippen LogP contribution in [0.1, 0.15) is 56.5 Å². The van der Waals surface area contributed by atoms with Crippen molar-refractivity contribution in [3.63, 3.8) is 0 Å². The van der Waals surface area contributed by atoms with E-state index in [-0.39, 0.29) is 17.9 Å². The van der Waals surface area contributed by atoms with E-state index < -0.39 is 71.6 Å². The molecule has 0 aliphatic carbocycles. The van der Waals surface area contributed by atoms with Crippen molar-refractivity contribution < 1.29 is 48.0 Å². The number of likely N-dealkylation sites (N-methyl/N-ethyl adjacent to an activating group) is 1. The first-order valence-corrected chi connectivity index (χ1v) is 19.3. The van der Waals surface area contributed by atoms with Gasteiger partial charge in [0, 0.05) is 44.5 Å². The summed E-state index contributed by atoms with van der Waals surface area (Å²) in [5.41, 5.74) is 5.72. The maximum atomic E-state index is 14.3. The number of hydrogen-bond acceptors (Lipinski definition) is 12. The summed E-state index contributed by atoms with van der Waals surface area (Å²) in [6, 6.07) is 10.8. The molecule has 0 spiro atoms. The van der Waals surface area contributed by atoms with Crippen LogP contribution in [0.3, 0.4) is 0 Å². The Kier molecular flexibility index (Phi) is 12.1. The zero-order valence-electron chi connectivity index (χ0n) is 33.8. The molecule has 4 bridgehead atoms. The van der Waals surface area contributed by atoms with E-state index in [2.05, 4.69) is 10.3 Å². The Bertz CT molecular complexity index is 2180. The number of pyridine rings is 1. The molecule has 0 radical (unpaired) electrons. The number of esters is 1. The Balaban J connectivity index is 1.34. The van der Waals surface area contributed by atoms with Gasteiger partial charge in [-0.25, -0.2) is 14.6 Å². The number of nitrogen functional groups attached to an aromatic ring is 1. The van der Waals surface area contributed by atoms with E-state index in [1.807, 2.05) is 13.0 Å². The van der Waals surface area contributed by atoms with Gasteiger partial charge in [0.15, 0.2) is 5.72 Å². The molecule has 1 aromatic heterocycles. The number of nitrogens with zero attached hydrogens (tertiary/aromatic N) is 3. The van der Waals surface area contributed by atoms with Crippen LogP contribution in [0.2, 0.25) is 5.02 Å². The molecule has 2 fully saturated rings. The van der Waals surface area contributed by atoms with E-state index in [0.29, 0.717) is 40.1 Å². The Morgan fingerprint density at radius 3 is 2.62 bits per heavy atom. The van der Waals surface area contributed by atoms with Gasteiger partial charge in [0.1, 0.15) is 46.5 Å². The average molecular weight is 820 g/mol. The lowest BCUT2D eigenvalue weighted by Crippen LogP contribution is -2.63. The van der Waals surface area contributed by atoms with Crippen LogP contribution in [0.25, 0.3) is 10.9 Å². The number of fused-ring (bicyclic) bond motifs is 6. The van der Waals surface area contributed by atoms with Gasteiger partial charge in [-0.2, -0.15) is 0 Å². The SMILES string of the molecule is COc1cc2cc(c1Cl)N(C)C(=O)C[C@H](OC(=O)[C@H](C)N(C)C(=O)c1ccc3nc(N)ccc3c1)[C@]1(C)O[C@H]1[C@H](C)[C@@H]1C[C@@](O)(NC(=O)O1)[C@H](OC)/C=C/C=C(\C)C2. The van der Waals surface area contributed by atoms with Crippen LogP contribution < -0.4 is 20.7 Å². The van der Waals surface area contributed by atoms with Gasteiger partial charge in [-0.1, -0.05) is 42.3 Å². The third-order valence-corrected chi connectivity index (χ3v) is 11.8. The number of allylic oxidation sites excluding steroid dienone is 3. The summed E-state index contributed by atoms with van der Waals surface area (Å²) < 4.78 is 29.4. The molecule has 0 unspecified atom stereocenters. The van der Waals surface area contributed by atoms with Gasteiger partial charge in [-0.15, -0.1) is 0 Å². The number of methoxy groups -OCH3 is 2. The van der Waals surface area contributed by atoms with Crippen molar-refractivity contribution in [3.05, 3.63) is 82.4 Å². The van der Waals surface area contributed by atoms with Crippen LogP contribution in [-0.2, 0) is 35.0 Å². The highest BCUT2D eigenvalue weighted by Crippen LogP contribution is 2.49. The number of carbonyl (C=O) groups excluding carboxylic acids is 4. The number of carbonyl (C=O) groups is 4. The number of aromatic nitrogens is 1. The zero-order valence-corrected chi connectivity index (χ0v) is 34.5. The smallest absolute Gasteiger partial charge is 0.409 e. The number of rotatable bonds is 6. The van der Waals surface area contributed by atoms with Crippen LogP contribution in [0.4, 0.5) is 16.3 Å². The quantitative estimate of drug-likeness (QED) is 0.224. The van der Waals surface area contributed by atoms with Crippen LogP contribution >= 0.6 is 11.6 Å². The van der Waals surface area contributed by atoms with Crippen molar-refractivity contribution in [1.29, 1.82) is 0 Å². The van der Waals surface area contributed by atoms with Crippen molar-refractivity contribution in [3.8, 4) is 5.75 Å². The predicted octanol–water partition coefficient (Wildman–Crippen LogP) is 4.96. The fourth-order valence-corrected chi connectivity index (χ4v) is 7.97. The third-order valence-electron chi connectivity index (χ3n) is 11.4. The first-order valence-electron chi connectivity index (χ1n) is 18.9. The Hall–Kier alpha value is -5.22. The lowest BCUT2D eigenvalue weighted by atomic mass is 9.83. The minimum atomic E-state index is -1.85. The maximum absolute atomic E-state index is 14.3. The van der Waals surface area contributed by atoms with Crippen molar-refractivity contribution in [2.24, 2.45) is 5.92 Å². The molecule has 3 amide bonds. The van der Waals surface area contributed by atoms with Gasteiger partial charge in [0.05, 0.1) is 30.8 Å². The Labute approximate surface area is 342 Å². The zero-order chi connectivity index (χ0) is 42.3. The number of nitrogens with one attached hydrogen (secondary N) is 1. The molecule has 4 heterocycles. The minimum Gasteiger partial charge on any atom is -0.495 e. The number of alkyl carbamates (subject to hydrolysis) is 1. The highest BCUT2D eigenvalue weighted by molar-refractivity contribution is 6.35. The first-order chi connectivity index (χ1) is 27.4. The molecule has 4 N–H and O–H groups in total. The first kappa shape index (κ1) is 42.4. The lowest BCUT2D eigenvalue weighted by Gasteiger charge is -2.42. The summed E-state index contributed by atoms with van der Waals surface area (Å²) in [6.07, 6.45) is 0.709. The highest BCUT2D eigenvalue weighted by atomic mass is 35.5. The maximum Gasteiger partial charge on any atom is 0.409 e. The number of ether oxygens (including phenoxy) is 5. The molecule has 3 aromatic rings. The van der Waals surface area contributed by atoms with Gasteiger partial charge >= 0.3 is 12.1 Å². The van der Waals surface area contributed by atoms with Crippen LogP contribution in [-0.4, -0.2) is 109 Å². The summed E-state index contributed by atoms with van der Waals surface area (Å²) >= 11 is 6.79. The number of benzene rings is 2.